The summed E-state index contributed by atoms with van der Waals surface area (Å²) in [6.45, 7) is 7.96. The van der Waals surface area contributed by atoms with Gasteiger partial charge in [0.25, 0.3) is 0 Å². The van der Waals surface area contributed by atoms with Gasteiger partial charge in [-0.1, -0.05) is 20.8 Å². The molecule has 3 heteroatoms. The van der Waals surface area contributed by atoms with Crippen molar-refractivity contribution < 1.29 is 4.79 Å². The lowest BCUT2D eigenvalue weighted by Crippen LogP contribution is -2.31. The van der Waals surface area contributed by atoms with Gasteiger partial charge in [-0.25, -0.2) is 0 Å². The number of carbonyl (C=O) groups is 1. The lowest BCUT2D eigenvalue weighted by atomic mass is 10.1. The highest BCUT2D eigenvalue weighted by Gasteiger charge is 2.06. The van der Waals surface area contributed by atoms with Gasteiger partial charge in [0, 0.05) is 12.5 Å². The number of nitrogens with one attached hydrogen (secondary N) is 1. The fourth-order valence-electron chi connectivity index (χ4n) is 1.05. The summed E-state index contributed by atoms with van der Waals surface area (Å²) >= 11 is 0. The number of carbonyl (C=O) groups excluding carboxylic acids is 1. The molecule has 1 amide bonds. The van der Waals surface area contributed by atoms with Crippen LogP contribution in [0.2, 0.25) is 0 Å². The van der Waals surface area contributed by atoms with Crippen molar-refractivity contribution in [3.05, 3.63) is 0 Å². The van der Waals surface area contributed by atoms with E-state index in [9.17, 15) is 4.79 Å². The smallest absolute Gasteiger partial charge is 0.221 e. The maximum Gasteiger partial charge on any atom is 0.221 e. The molecule has 0 heterocycles. The van der Waals surface area contributed by atoms with E-state index >= 15 is 0 Å². The average Bonchev–Trinajstić information content (AvgIpc) is 2.02. The highest BCUT2D eigenvalue weighted by molar-refractivity contribution is 5.76. The quantitative estimate of drug-likeness (QED) is 0.586. The van der Waals surface area contributed by atoms with Gasteiger partial charge in [-0.15, -0.1) is 0 Å². The zero-order chi connectivity index (χ0) is 10.3. The molecule has 0 aliphatic heterocycles. The highest BCUT2D eigenvalue weighted by Crippen LogP contribution is 2.01. The van der Waals surface area contributed by atoms with Crippen LogP contribution in [-0.4, -0.2) is 19.0 Å². The maximum atomic E-state index is 10.7. The molecular weight excluding hydrogens is 164 g/mol. The molecule has 0 aromatic rings. The Kier molecular flexibility index (Phi) is 6.59. The first-order chi connectivity index (χ1) is 6.04. The molecule has 13 heavy (non-hydrogen) atoms. The largest absolute Gasteiger partial charge is 0.369 e. The first-order valence-electron chi connectivity index (χ1n) is 5.04. The molecule has 0 saturated heterocycles. The molecular formula is C10H22N2O. The second-order valence-electron chi connectivity index (χ2n) is 4.04. The fraction of sp³-hybridized carbons (Fsp3) is 0.900. The summed E-state index contributed by atoms with van der Waals surface area (Å²) in [4.78, 5) is 10.7. The SMILES string of the molecule is CC(C)CCCNCC(C)C(N)=O. The Bertz CT molecular complexity index is 146. The maximum absolute atomic E-state index is 10.7. The summed E-state index contributed by atoms with van der Waals surface area (Å²) in [6.07, 6.45) is 2.40. The van der Waals surface area contributed by atoms with E-state index in [4.69, 9.17) is 5.73 Å². The average molecular weight is 186 g/mol. The second-order valence-corrected chi connectivity index (χ2v) is 4.04. The summed E-state index contributed by atoms with van der Waals surface area (Å²) in [6, 6.07) is 0. The highest BCUT2D eigenvalue weighted by atomic mass is 16.1. The number of hydrogen-bond donors (Lipinski definition) is 2. The van der Waals surface area contributed by atoms with E-state index < -0.39 is 0 Å². The molecule has 0 radical (unpaired) electrons. The summed E-state index contributed by atoms with van der Waals surface area (Å²) in [5.41, 5.74) is 5.12. The van der Waals surface area contributed by atoms with Gasteiger partial charge in [-0.3, -0.25) is 4.79 Å². The Morgan fingerprint density at radius 2 is 2.00 bits per heavy atom. The predicted molar refractivity (Wildman–Crippen MR) is 55.3 cm³/mol. The lowest BCUT2D eigenvalue weighted by Gasteiger charge is -2.09. The van der Waals surface area contributed by atoms with Crippen molar-refractivity contribution in [2.45, 2.75) is 33.6 Å². The monoisotopic (exact) mass is 186 g/mol. The van der Waals surface area contributed by atoms with Crippen LogP contribution in [0.3, 0.4) is 0 Å². The molecule has 3 N–H and O–H groups in total. The van der Waals surface area contributed by atoms with Crippen molar-refractivity contribution in [1.82, 2.24) is 5.32 Å². The number of nitrogens with two attached hydrogens (primary N) is 1. The van der Waals surface area contributed by atoms with Crippen LogP contribution in [0.1, 0.15) is 33.6 Å². The topological polar surface area (TPSA) is 55.1 Å². The van der Waals surface area contributed by atoms with Crippen LogP contribution < -0.4 is 11.1 Å². The lowest BCUT2D eigenvalue weighted by molar-refractivity contribution is -0.121. The standard InChI is InChI=1S/C10H22N2O/c1-8(2)5-4-6-12-7-9(3)10(11)13/h8-9,12H,4-7H2,1-3H3,(H2,11,13). The van der Waals surface area contributed by atoms with Crippen molar-refractivity contribution >= 4 is 5.91 Å². The minimum absolute atomic E-state index is 0.0564. The van der Waals surface area contributed by atoms with Gasteiger partial charge in [0.15, 0.2) is 0 Å². The van der Waals surface area contributed by atoms with E-state index in [0.717, 1.165) is 12.5 Å². The molecule has 0 spiro atoms. The predicted octanol–water partition coefficient (Wildman–Crippen LogP) is 1.13. The van der Waals surface area contributed by atoms with Crippen LogP contribution in [0.5, 0.6) is 0 Å². The molecule has 0 aromatic carbocycles. The van der Waals surface area contributed by atoms with Crippen molar-refractivity contribution in [3.8, 4) is 0 Å². The number of rotatable bonds is 7. The molecule has 0 saturated carbocycles. The Hall–Kier alpha value is -0.570. The normalized spacial score (nSPS) is 13.2. The fourth-order valence-corrected chi connectivity index (χ4v) is 1.05. The van der Waals surface area contributed by atoms with Gasteiger partial charge in [-0.2, -0.15) is 0 Å². The number of amides is 1. The molecule has 0 fully saturated rings. The summed E-state index contributed by atoms with van der Waals surface area (Å²) in [7, 11) is 0. The van der Waals surface area contributed by atoms with Crippen LogP contribution in [0.4, 0.5) is 0 Å². The van der Waals surface area contributed by atoms with Crippen LogP contribution in [-0.2, 0) is 4.79 Å². The van der Waals surface area contributed by atoms with Gasteiger partial charge in [0.05, 0.1) is 0 Å². The third-order valence-corrected chi connectivity index (χ3v) is 2.07. The van der Waals surface area contributed by atoms with Crippen molar-refractivity contribution in [1.29, 1.82) is 0 Å². The Morgan fingerprint density at radius 1 is 1.38 bits per heavy atom. The van der Waals surface area contributed by atoms with Crippen LogP contribution in [0.25, 0.3) is 0 Å². The van der Waals surface area contributed by atoms with Gasteiger partial charge in [0.1, 0.15) is 0 Å². The molecule has 1 atom stereocenters. The minimum atomic E-state index is -0.226. The molecule has 0 bridgehead atoms. The number of hydrogen-bond acceptors (Lipinski definition) is 2. The van der Waals surface area contributed by atoms with Gasteiger partial charge in [0.2, 0.25) is 5.91 Å². The van der Waals surface area contributed by atoms with E-state index in [1.165, 1.54) is 12.8 Å². The summed E-state index contributed by atoms with van der Waals surface area (Å²) < 4.78 is 0. The van der Waals surface area contributed by atoms with Crippen molar-refractivity contribution in [2.75, 3.05) is 13.1 Å². The minimum Gasteiger partial charge on any atom is -0.369 e. The Balaban J connectivity index is 3.21. The Labute approximate surface area is 81.1 Å². The zero-order valence-corrected chi connectivity index (χ0v) is 8.97. The van der Waals surface area contributed by atoms with Crippen LogP contribution in [0, 0.1) is 11.8 Å². The molecule has 0 rings (SSSR count). The zero-order valence-electron chi connectivity index (χ0n) is 8.97. The third-order valence-electron chi connectivity index (χ3n) is 2.07. The van der Waals surface area contributed by atoms with Crippen LogP contribution in [0.15, 0.2) is 0 Å². The van der Waals surface area contributed by atoms with Gasteiger partial charge in [-0.05, 0) is 25.3 Å². The molecule has 0 aromatic heterocycles. The van der Waals surface area contributed by atoms with Crippen molar-refractivity contribution in [3.63, 3.8) is 0 Å². The Morgan fingerprint density at radius 3 is 2.46 bits per heavy atom. The molecule has 1 unspecified atom stereocenters. The van der Waals surface area contributed by atoms with Gasteiger partial charge < -0.3 is 11.1 Å². The van der Waals surface area contributed by atoms with Gasteiger partial charge >= 0.3 is 0 Å². The molecule has 3 nitrogen and oxygen atoms in total. The summed E-state index contributed by atoms with van der Waals surface area (Å²) in [5.74, 6) is 0.478. The molecule has 0 aliphatic rings. The van der Waals surface area contributed by atoms with E-state index in [2.05, 4.69) is 19.2 Å². The number of primary amides is 1. The third kappa shape index (κ3) is 7.78. The first kappa shape index (κ1) is 12.4. The van der Waals surface area contributed by atoms with Crippen LogP contribution >= 0.6 is 0 Å². The van der Waals surface area contributed by atoms with Crippen molar-refractivity contribution in [2.24, 2.45) is 17.6 Å². The molecule has 78 valence electrons. The molecule has 0 aliphatic carbocycles. The summed E-state index contributed by atoms with van der Waals surface area (Å²) in [5, 5.41) is 3.22. The van der Waals surface area contributed by atoms with E-state index in [0.29, 0.717) is 6.54 Å². The first-order valence-corrected chi connectivity index (χ1v) is 5.04. The van der Waals surface area contributed by atoms with E-state index in [1.54, 1.807) is 0 Å². The second kappa shape index (κ2) is 6.89. The van der Waals surface area contributed by atoms with E-state index in [-0.39, 0.29) is 11.8 Å². The van der Waals surface area contributed by atoms with E-state index in [1.807, 2.05) is 6.92 Å².